The van der Waals surface area contributed by atoms with Crippen LogP contribution in [0.2, 0.25) is 5.28 Å². The number of nitrogens with zero attached hydrogens (tertiary/aromatic N) is 5. The molecule has 20 heavy (non-hydrogen) atoms. The van der Waals surface area contributed by atoms with Gasteiger partial charge in [0, 0.05) is 19.8 Å². The SMILES string of the molecule is CCCNc1nc(Cl)nc(-n2ccc(C(=O)NC)n2)n1. The number of anilines is 1. The molecule has 2 heterocycles. The topological polar surface area (TPSA) is 97.6 Å². The molecule has 0 unspecified atom stereocenters. The molecule has 0 radical (unpaired) electrons. The van der Waals surface area contributed by atoms with Gasteiger partial charge in [-0.1, -0.05) is 6.92 Å². The number of hydrogen-bond acceptors (Lipinski definition) is 6. The van der Waals surface area contributed by atoms with Crippen LogP contribution < -0.4 is 10.6 Å². The molecular formula is C11H14ClN7O. The fourth-order valence-corrected chi connectivity index (χ4v) is 1.60. The Morgan fingerprint density at radius 1 is 1.40 bits per heavy atom. The smallest absolute Gasteiger partial charge is 0.271 e. The van der Waals surface area contributed by atoms with Crippen LogP contribution >= 0.6 is 11.6 Å². The third-order valence-electron chi connectivity index (χ3n) is 2.38. The summed E-state index contributed by atoms with van der Waals surface area (Å²) in [6.45, 7) is 2.75. The van der Waals surface area contributed by atoms with Crippen LogP contribution in [0.5, 0.6) is 0 Å². The third kappa shape index (κ3) is 3.21. The van der Waals surface area contributed by atoms with Gasteiger partial charge >= 0.3 is 0 Å². The van der Waals surface area contributed by atoms with Crippen LogP contribution in [0, 0.1) is 0 Å². The molecule has 2 rings (SSSR count). The second-order valence-electron chi connectivity index (χ2n) is 3.88. The van der Waals surface area contributed by atoms with Gasteiger partial charge in [-0.05, 0) is 24.1 Å². The molecule has 0 spiro atoms. The van der Waals surface area contributed by atoms with E-state index in [0.717, 1.165) is 13.0 Å². The maximum Gasteiger partial charge on any atom is 0.271 e. The predicted octanol–water partition coefficient (Wildman–Crippen LogP) is 0.892. The molecule has 8 nitrogen and oxygen atoms in total. The highest BCUT2D eigenvalue weighted by Gasteiger charge is 2.11. The average Bonchev–Trinajstić information content (AvgIpc) is 2.93. The van der Waals surface area contributed by atoms with Gasteiger partial charge in [-0.15, -0.1) is 0 Å². The fraction of sp³-hybridized carbons (Fsp3) is 0.364. The van der Waals surface area contributed by atoms with Crippen molar-refractivity contribution in [2.75, 3.05) is 18.9 Å². The van der Waals surface area contributed by atoms with Crippen molar-refractivity contribution in [3.8, 4) is 5.95 Å². The monoisotopic (exact) mass is 295 g/mol. The molecule has 2 N–H and O–H groups in total. The Hall–Kier alpha value is -2.22. The summed E-state index contributed by atoms with van der Waals surface area (Å²) in [5, 5.41) is 9.65. The van der Waals surface area contributed by atoms with E-state index in [0.29, 0.717) is 5.95 Å². The standard InChI is InChI=1S/C11H14ClN7O/c1-3-5-14-10-15-9(12)16-11(17-10)19-6-4-7(18-19)8(20)13-2/h4,6H,3,5H2,1-2H3,(H,13,20)(H,14,15,16,17). The van der Waals surface area contributed by atoms with E-state index in [1.54, 1.807) is 12.3 Å². The van der Waals surface area contributed by atoms with Gasteiger partial charge in [0.05, 0.1) is 0 Å². The number of halogens is 1. The molecule has 2 aromatic rings. The van der Waals surface area contributed by atoms with Crippen LogP contribution in [0.1, 0.15) is 23.8 Å². The van der Waals surface area contributed by atoms with Crippen molar-refractivity contribution in [1.82, 2.24) is 30.0 Å². The second kappa shape index (κ2) is 6.29. The van der Waals surface area contributed by atoms with Crippen LogP contribution in [-0.2, 0) is 0 Å². The largest absolute Gasteiger partial charge is 0.354 e. The lowest BCUT2D eigenvalue weighted by molar-refractivity contribution is 0.0957. The average molecular weight is 296 g/mol. The summed E-state index contributed by atoms with van der Waals surface area (Å²) in [5.74, 6) is 0.339. The molecule has 2 aromatic heterocycles. The minimum absolute atomic E-state index is 0.0607. The molecule has 9 heteroatoms. The molecule has 0 aromatic carbocycles. The quantitative estimate of drug-likeness (QED) is 0.850. The van der Waals surface area contributed by atoms with Crippen LogP contribution in [-0.4, -0.2) is 44.2 Å². The van der Waals surface area contributed by atoms with Gasteiger partial charge < -0.3 is 10.6 Å². The summed E-state index contributed by atoms with van der Waals surface area (Å²) in [7, 11) is 1.54. The lowest BCUT2D eigenvalue weighted by atomic mass is 10.4. The normalized spacial score (nSPS) is 10.3. The number of carbonyl (C=O) groups excluding carboxylic acids is 1. The molecule has 0 aliphatic rings. The van der Waals surface area contributed by atoms with Gasteiger partial charge in [-0.25, -0.2) is 4.68 Å². The number of hydrogen-bond donors (Lipinski definition) is 2. The molecule has 1 amide bonds. The predicted molar refractivity (Wildman–Crippen MR) is 74.1 cm³/mol. The Kier molecular flexibility index (Phi) is 4.46. The van der Waals surface area contributed by atoms with Gasteiger partial charge in [0.2, 0.25) is 11.2 Å². The minimum Gasteiger partial charge on any atom is -0.354 e. The Morgan fingerprint density at radius 2 is 2.20 bits per heavy atom. The summed E-state index contributed by atoms with van der Waals surface area (Å²) in [6.07, 6.45) is 2.51. The molecule has 106 valence electrons. The minimum atomic E-state index is -0.284. The first-order chi connectivity index (χ1) is 9.63. The fourth-order valence-electron chi connectivity index (χ4n) is 1.44. The van der Waals surface area contributed by atoms with E-state index in [-0.39, 0.29) is 22.8 Å². The van der Waals surface area contributed by atoms with E-state index in [9.17, 15) is 4.79 Å². The van der Waals surface area contributed by atoms with Gasteiger partial charge in [0.25, 0.3) is 11.9 Å². The van der Waals surface area contributed by atoms with Crippen LogP contribution in [0.4, 0.5) is 5.95 Å². The van der Waals surface area contributed by atoms with Gasteiger partial charge in [0.1, 0.15) is 0 Å². The lowest BCUT2D eigenvalue weighted by Gasteiger charge is -2.05. The molecule has 0 fully saturated rings. The van der Waals surface area contributed by atoms with Crippen molar-refractivity contribution in [1.29, 1.82) is 0 Å². The van der Waals surface area contributed by atoms with E-state index in [2.05, 4.69) is 30.7 Å². The molecule has 0 aliphatic heterocycles. The van der Waals surface area contributed by atoms with Gasteiger partial charge in [-0.3, -0.25) is 4.79 Å². The molecule has 0 atom stereocenters. The van der Waals surface area contributed by atoms with Crippen LogP contribution in [0.25, 0.3) is 5.95 Å². The Balaban J connectivity index is 2.29. The van der Waals surface area contributed by atoms with E-state index >= 15 is 0 Å². The molecule has 0 saturated heterocycles. The van der Waals surface area contributed by atoms with Crippen LogP contribution in [0.15, 0.2) is 12.3 Å². The first kappa shape index (κ1) is 14.2. The van der Waals surface area contributed by atoms with Crippen molar-refractivity contribution < 1.29 is 4.79 Å². The van der Waals surface area contributed by atoms with Crippen molar-refractivity contribution >= 4 is 23.5 Å². The summed E-state index contributed by atoms with van der Waals surface area (Å²) in [6, 6.07) is 1.57. The van der Waals surface area contributed by atoms with Crippen LogP contribution in [0.3, 0.4) is 0 Å². The van der Waals surface area contributed by atoms with E-state index in [1.165, 1.54) is 11.7 Å². The zero-order valence-electron chi connectivity index (χ0n) is 11.1. The zero-order valence-corrected chi connectivity index (χ0v) is 11.8. The van der Waals surface area contributed by atoms with Gasteiger partial charge in [0.15, 0.2) is 5.69 Å². The number of carbonyl (C=O) groups is 1. The second-order valence-corrected chi connectivity index (χ2v) is 4.22. The number of nitrogens with one attached hydrogen (secondary N) is 2. The van der Waals surface area contributed by atoms with Crippen molar-refractivity contribution in [2.24, 2.45) is 0 Å². The Labute approximate surface area is 120 Å². The highest BCUT2D eigenvalue weighted by molar-refractivity contribution is 6.28. The number of amides is 1. The maximum absolute atomic E-state index is 11.5. The number of rotatable bonds is 5. The van der Waals surface area contributed by atoms with E-state index in [4.69, 9.17) is 11.6 Å². The molecule has 0 saturated carbocycles. The maximum atomic E-state index is 11.5. The third-order valence-corrected chi connectivity index (χ3v) is 2.55. The molecular weight excluding hydrogens is 282 g/mol. The molecule has 0 bridgehead atoms. The highest BCUT2D eigenvalue weighted by Crippen LogP contribution is 2.09. The van der Waals surface area contributed by atoms with Crippen molar-refractivity contribution in [2.45, 2.75) is 13.3 Å². The number of aromatic nitrogens is 5. The zero-order chi connectivity index (χ0) is 14.5. The van der Waals surface area contributed by atoms with Crippen molar-refractivity contribution in [3.63, 3.8) is 0 Å². The Bertz CT molecular complexity index is 613. The van der Waals surface area contributed by atoms with Gasteiger partial charge in [-0.2, -0.15) is 20.1 Å². The first-order valence-corrected chi connectivity index (χ1v) is 6.45. The first-order valence-electron chi connectivity index (χ1n) is 6.07. The van der Waals surface area contributed by atoms with E-state index in [1.807, 2.05) is 6.92 Å². The summed E-state index contributed by atoms with van der Waals surface area (Å²) < 4.78 is 1.37. The lowest BCUT2D eigenvalue weighted by Crippen LogP contribution is -2.19. The molecule has 0 aliphatic carbocycles. The Morgan fingerprint density at radius 3 is 2.90 bits per heavy atom. The summed E-state index contributed by atoms with van der Waals surface area (Å²) in [4.78, 5) is 23.6. The van der Waals surface area contributed by atoms with E-state index < -0.39 is 0 Å². The summed E-state index contributed by atoms with van der Waals surface area (Å²) in [5.41, 5.74) is 0.270. The summed E-state index contributed by atoms with van der Waals surface area (Å²) >= 11 is 5.85. The van der Waals surface area contributed by atoms with Crippen molar-refractivity contribution in [3.05, 3.63) is 23.2 Å². The highest BCUT2D eigenvalue weighted by atomic mass is 35.5.